The lowest BCUT2D eigenvalue weighted by molar-refractivity contribution is 0.412. The molecule has 0 saturated heterocycles. The zero-order valence-electron chi connectivity index (χ0n) is 9.41. The molecule has 0 radical (unpaired) electrons. The Balaban J connectivity index is 2.36. The molecule has 3 rings (SSSR count). The monoisotopic (exact) mass is 257 g/mol. The summed E-state index contributed by atoms with van der Waals surface area (Å²) in [6.07, 6.45) is 0. The third kappa shape index (κ3) is 1.84. The summed E-state index contributed by atoms with van der Waals surface area (Å²) in [7, 11) is -2.64. The predicted molar refractivity (Wildman–Crippen MR) is 71.9 cm³/mol. The molecule has 18 heavy (non-hydrogen) atoms. The molecule has 0 aliphatic heterocycles. The van der Waals surface area contributed by atoms with Crippen molar-refractivity contribution >= 4 is 29.8 Å². The molecule has 88 valence electrons. The number of fused-ring (bicyclic) bond motifs is 3. The minimum absolute atomic E-state index is 0.432. The van der Waals surface area contributed by atoms with Crippen molar-refractivity contribution in [3.05, 3.63) is 54.6 Å². The van der Waals surface area contributed by atoms with Crippen molar-refractivity contribution in [2.45, 2.75) is 0 Å². The summed E-state index contributed by atoms with van der Waals surface area (Å²) in [5.74, 6) is 0.432. The summed E-state index contributed by atoms with van der Waals surface area (Å²) in [4.78, 5) is 8.87. The van der Waals surface area contributed by atoms with Gasteiger partial charge in [0.2, 0.25) is 0 Å². The first-order valence-corrected chi connectivity index (χ1v) is 6.63. The van der Waals surface area contributed by atoms with E-state index in [0.717, 1.165) is 21.5 Å². The summed E-state index contributed by atoms with van der Waals surface area (Å²) in [6.45, 7) is 0. The van der Waals surface area contributed by atoms with Crippen LogP contribution in [-0.2, 0) is 4.57 Å². The van der Waals surface area contributed by atoms with Crippen molar-refractivity contribution in [1.29, 1.82) is 0 Å². The first-order chi connectivity index (χ1) is 8.75. The second-order valence-corrected chi connectivity index (χ2v) is 4.63. The van der Waals surface area contributed by atoms with Gasteiger partial charge < -0.3 is 0 Å². The molecule has 0 amide bonds. The maximum atomic E-state index is 10.8. The minimum Gasteiger partial charge on any atom is -0.229 e. The Morgan fingerprint density at radius 3 is 2.44 bits per heavy atom. The van der Waals surface area contributed by atoms with Gasteiger partial charge >= 0.3 is 8.25 Å². The van der Waals surface area contributed by atoms with Gasteiger partial charge in [0.15, 0.2) is 5.75 Å². The fourth-order valence-corrected chi connectivity index (χ4v) is 2.50. The second-order valence-electron chi connectivity index (χ2n) is 3.97. The molecular weight excluding hydrogens is 247 g/mol. The van der Waals surface area contributed by atoms with E-state index in [1.54, 1.807) is 6.07 Å². The van der Waals surface area contributed by atoms with Gasteiger partial charge in [0.05, 0.1) is 0 Å². The zero-order chi connectivity index (χ0) is 12.5. The smallest absolute Gasteiger partial charge is 0.229 e. The van der Waals surface area contributed by atoms with Crippen molar-refractivity contribution < 1.29 is 14.0 Å². The van der Waals surface area contributed by atoms with Crippen molar-refractivity contribution in [3.63, 3.8) is 0 Å². The standard InChI is InChI=1S/C14H9O3P/c15-18(16)17-14-7-3-6-12-11-5-2-1-4-10(11)8-9-13(12)14/h1-9H/p+1. The summed E-state index contributed by atoms with van der Waals surface area (Å²) >= 11 is 0. The maximum Gasteiger partial charge on any atom is 0.747 e. The van der Waals surface area contributed by atoms with Crippen molar-refractivity contribution in [2.75, 3.05) is 0 Å². The van der Waals surface area contributed by atoms with Gasteiger partial charge in [-0.3, -0.25) is 0 Å². The van der Waals surface area contributed by atoms with Crippen LogP contribution in [0.2, 0.25) is 0 Å². The lowest BCUT2D eigenvalue weighted by Gasteiger charge is -2.04. The van der Waals surface area contributed by atoms with E-state index in [0.29, 0.717) is 5.75 Å². The highest BCUT2D eigenvalue weighted by atomic mass is 31.1. The maximum absolute atomic E-state index is 10.8. The third-order valence-electron chi connectivity index (χ3n) is 2.92. The van der Waals surface area contributed by atoms with E-state index in [2.05, 4.69) is 0 Å². The normalized spacial score (nSPS) is 11.7. The lowest BCUT2D eigenvalue weighted by Crippen LogP contribution is -1.84. The first-order valence-electron chi connectivity index (χ1n) is 5.50. The number of hydrogen-bond donors (Lipinski definition) is 1. The Kier molecular flexibility index (Phi) is 2.71. The minimum atomic E-state index is -2.64. The second kappa shape index (κ2) is 4.37. The largest absolute Gasteiger partial charge is 0.747 e. The molecule has 3 nitrogen and oxygen atoms in total. The van der Waals surface area contributed by atoms with Gasteiger partial charge in [-0.05, 0) is 28.3 Å². The van der Waals surface area contributed by atoms with Crippen LogP contribution >= 0.6 is 8.25 Å². The SMILES string of the molecule is O=[P+](O)Oc1cccc2c1ccc1ccccc12. The molecule has 3 aromatic rings. The molecule has 1 unspecified atom stereocenters. The van der Waals surface area contributed by atoms with Gasteiger partial charge in [0.1, 0.15) is 0 Å². The van der Waals surface area contributed by atoms with Crippen LogP contribution in [0.1, 0.15) is 0 Å². The highest BCUT2D eigenvalue weighted by Crippen LogP contribution is 2.34. The van der Waals surface area contributed by atoms with E-state index >= 15 is 0 Å². The quantitative estimate of drug-likeness (QED) is 0.557. The summed E-state index contributed by atoms with van der Waals surface area (Å²) in [5.41, 5.74) is 0. The van der Waals surface area contributed by atoms with Crippen molar-refractivity contribution in [1.82, 2.24) is 0 Å². The molecule has 0 heterocycles. The van der Waals surface area contributed by atoms with E-state index < -0.39 is 8.25 Å². The molecule has 3 aromatic carbocycles. The average molecular weight is 257 g/mol. The van der Waals surface area contributed by atoms with E-state index in [4.69, 9.17) is 9.42 Å². The number of rotatable bonds is 2. The van der Waals surface area contributed by atoms with E-state index in [1.807, 2.05) is 48.5 Å². The van der Waals surface area contributed by atoms with Crippen LogP contribution < -0.4 is 4.52 Å². The van der Waals surface area contributed by atoms with E-state index in [1.165, 1.54) is 0 Å². The summed E-state index contributed by atoms with van der Waals surface area (Å²) in [5, 5.41) is 4.10. The van der Waals surface area contributed by atoms with Crippen molar-refractivity contribution in [2.24, 2.45) is 0 Å². The number of benzene rings is 3. The Morgan fingerprint density at radius 2 is 1.61 bits per heavy atom. The van der Waals surface area contributed by atoms with Gasteiger partial charge in [-0.2, -0.15) is 0 Å². The van der Waals surface area contributed by atoms with Crippen LogP contribution in [0.5, 0.6) is 5.75 Å². The molecule has 0 aromatic heterocycles. The Hall–Kier alpha value is -1.96. The van der Waals surface area contributed by atoms with Crippen LogP contribution in [0, 0.1) is 0 Å². The zero-order valence-corrected chi connectivity index (χ0v) is 10.3. The van der Waals surface area contributed by atoms with Gasteiger partial charge in [-0.15, -0.1) is 4.89 Å². The van der Waals surface area contributed by atoms with Gasteiger partial charge in [0, 0.05) is 9.95 Å². The Bertz CT molecular complexity index is 752. The Labute approximate surface area is 105 Å². The fraction of sp³-hybridized carbons (Fsp3) is 0. The lowest BCUT2D eigenvalue weighted by atomic mass is 10.0. The number of hydrogen-bond acceptors (Lipinski definition) is 2. The molecule has 1 atom stereocenters. The average Bonchev–Trinajstić information content (AvgIpc) is 2.38. The molecule has 0 aliphatic rings. The van der Waals surface area contributed by atoms with Crippen LogP contribution in [0.3, 0.4) is 0 Å². The van der Waals surface area contributed by atoms with Crippen LogP contribution in [0.4, 0.5) is 0 Å². The molecule has 1 N–H and O–H groups in total. The van der Waals surface area contributed by atoms with Crippen molar-refractivity contribution in [3.8, 4) is 5.75 Å². The fourth-order valence-electron chi connectivity index (χ4n) is 2.18. The van der Waals surface area contributed by atoms with E-state index in [-0.39, 0.29) is 0 Å². The molecule has 0 fully saturated rings. The highest BCUT2D eigenvalue weighted by molar-refractivity contribution is 7.32. The topological polar surface area (TPSA) is 46.5 Å². The van der Waals surface area contributed by atoms with Crippen LogP contribution in [-0.4, -0.2) is 4.89 Å². The predicted octanol–water partition coefficient (Wildman–Crippen LogP) is 4.02. The van der Waals surface area contributed by atoms with Gasteiger partial charge in [-0.25, -0.2) is 4.52 Å². The molecule has 4 heteroatoms. The summed E-state index contributed by atoms with van der Waals surface area (Å²) in [6, 6.07) is 17.4. The van der Waals surface area contributed by atoms with Gasteiger partial charge in [-0.1, -0.05) is 42.5 Å². The highest BCUT2D eigenvalue weighted by Gasteiger charge is 2.16. The summed E-state index contributed by atoms with van der Waals surface area (Å²) < 4.78 is 15.7. The Morgan fingerprint density at radius 1 is 0.833 bits per heavy atom. The molecular formula is C14H10O3P+. The van der Waals surface area contributed by atoms with E-state index in [9.17, 15) is 4.57 Å². The van der Waals surface area contributed by atoms with Crippen LogP contribution in [0.25, 0.3) is 21.5 Å². The van der Waals surface area contributed by atoms with Crippen LogP contribution in [0.15, 0.2) is 54.6 Å². The first kappa shape index (κ1) is 11.1. The molecule has 0 spiro atoms. The molecule has 0 saturated carbocycles. The molecule has 0 bridgehead atoms. The third-order valence-corrected chi connectivity index (χ3v) is 3.28. The van der Waals surface area contributed by atoms with Gasteiger partial charge in [0.25, 0.3) is 0 Å². The molecule has 0 aliphatic carbocycles.